The Hall–Kier alpha value is -2.07. The summed E-state index contributed by atoms with van der Waals surface area (Å²) in [6.45, 7) is 0. The minimum Gasteiger partial charge on any atom is -0.393 e. The predicted molar refractivity (Wildman–Crippen MR) is 74.0 cm³/mol. The van der Waals surface area contributed by atoms with Gasteiger partial charge in [0.05, 0.1) is 16.9 Å². The zero-order chi connectivity index (χ0) is 13.0. The van der Waals surface area contributed by atoms with Crippen molar-refractivity contribution in [3.05, 3.63) is 59.0 Å². The molecule has 0 saturated heterocycles. The van der Waals surface area contributed by atoms with Crippen LogP contribution in [0.2, 0.25) is 5.02 Å². The number of aromatic nitrogens is 2. The second kappa shape index (κ2) is 5.51. The summed E-state index contributed by atoms with van der Waals surface area (Å²) in [5.74, 6) is 0.201. The van der Waals surface area contributed by atoms with Gasteiger partial charge in [0.1, 0.15) is 0 Å². The van der Waals surface area contributed by atoms with Crippen molar-refractivity contribution in [1.29, 1.82) is 0 Å². The highest BCUT2D eigenvalue weighted by Gasteiger charge is 2.11. The first-order valence-corrected chi connectivity index (χ1v) is 5.81. The molecule has 0 amide bonds. The molecule has 0 unspecified atom stereocenters. The van der Waals surface area contributed by atoms with Crippen LogP contribution in [-0.2, 0) is 0 Å². The Morgan fingerprint density at radius 3 is 2.72 bits per heavy atom. The number of hydrogen-bond donors (Lipinski definition) is 2. The zero-order valence-corrected chi connectivity index (χ0v) is 10.6. The van der Waals surface area contributed by atoms with Gasteiger partial charge < -0.3 is 11.1 Å². The summed E-state index contributed by atoms with van der Waals surface area (Å²) < 4.78 is 0. The highest BCUT2D eigenvalue weighted by Crippen LogP contribution is 2.27. The molecule has 5 heteroatoms. The van der Waals surface area contributed by atoms with Crippen molar-refractivity contribution in [2.45, 2.75) is 0 Å². The van der Waals surface area contributed by atoms with Gasteiger partial charge in [-0.3, -0.25) is 0 Å². The lowest BCUT2D eigenvalue weighted by Gasteiger charge is -2.09. The van der Waals surface area contributed by atoms with E-state index in [1.807, 2.05) is 43.6 Å². The third kappa shape index (κ3) is 2.60. The lowest BCUT2D eigenvalue weighted by atomic mass is 10.0. The minimum absolute atomic E-state index is 0.201. The van der Waals surface area contributed by atoms with Crippen LogP contribution in [0.15, 0.2) is 42.7 Å². The Kier molecular flexibility index (Phi) is 3.79. The van der Waals surface area contributed by atoms with E-state index < -0.39 is 0 Å². The van der Waals surface area contributed by atoms with Gasteiger partial charge in [0.25, 0.3) is 0 Å². The van der Waals surface area contributed by atoms with Crippen LogP contribution in [0, 0.1) is 0 Å². The van der Waals surface area contributed by atoms with Crippen LogP contribution in [0.1, 0.15) is 11.3 Å². The fourth-order valence-corrected chi connectivity index (χ4v) is 1.81. The molecule has 1 heterocycles. The van der Waals surface area contributed by atoms with Crippen LogP contribution in [0.5, 0.6) is 0 Å². The number of benzene rings is 1. The molecule has 18 heavy (non-hydrogen) atoms. The highest BCUT2D eigenvalue weighted by molar-refractivity contribution is 6.32. The molecule has 0 radical (unpaired) electrons. The van der Waals surface area contributed by atoms with Gasteiger partial charge in [0.2, 0.25) is 5.95 Å². The summed E-state index contributed by atoms with van der Waals surface area (Å²) >= 11 is 6.13. The average Bonchev–Trinajstić information content (AvgIpc) is 2.40. The molecule has 1 aromatic heterocycles. The molecule has 0 aliphatic carbocycles. The number of nitrogens with one attached hydrogen (secondary N) is 1. The number of nitrogens with two attached hydrogens (primary N) is 1. The maximum atomic E-state index is 6.13. The van der Waals surface area contributed by atoms with E-state index in [0.29, 0.717) is 10.7 Å². The molecule has 2 aromatic rings. The van der Waals surface area contributed by atoms with Crippen molar-refractivity contribution >= 4 is 23.1 Å². The van der Waals surface area contributed by atoms with E-state index in [1.54, 1.807) is 0 Å². The monoisotopic (exact) mass is 260 g/mol. The van der Waals surface area contributed by atoms with E-state index >= 15 is 0 Å². The van der Waals surface area contributed by atoms with Crippen molar-refractivity contribution < 1.29 is 0 Å². The molecule has 3 N–H and O–H groups in total. The fourth-order valence-electron chi connectivity index (χ4n) is 1.62. The Morgan fingerprint density at radius 2 is 2.06 bits per heavy atom. The summed E-state index contributed by atoms with van der Waals surface area (Å²) in [6, 6.07) is 9.83. The first kappa shape index (κ1) is 12.4. The first-order valence-electron chi connectivity index (χ1n) is 5.43. The molecular formula is C13H13ClN4. The van der Waals surface area contributed by atoms with Crippen LogP contribution in [0.3, 0.4) is 0 Å². The molecule has 0 aliphatic heterocycles. The van der Waals surface area contributed by atoms with Crippen LogP contribution in [0.4, 0.5) is 5.95 Å². The van der Waals surface area contributed by atoms with Gasteiger partial charge in [-0.1, -0.05) is 41.9 Å². The largest absolute Gasteiger partial charge is 0.393 e. The van der Waals surface area contributed by atoms with Crippen molar-refractivity contribution in [3.63, 3.8) is 0 Å². The van der Waals surface area contributed by atoms with E-state index in [9.17, 15) is 0 Å². The Labute approximate surface area is 111 Å². The number of hydrogen-bond acceptors (Lipinski definition) is 4. The summed E-state index contributed by atoms with van der Waals surface area (Å²) in [7, 11) is 1.82. The molecule has 0 bridgehead atoms. The summed E-state index contributed by atoms with van der Waals surface area (Å²) in [4.78, 5) is 8.06. The number of nitrogens with zero attached hydrogens (tertiary/aromatic N) is 2. The van der Waals surface area contributed by atoms with E-state index in [2.05, 4.69) is 15.3 Å². The molecule has 4 nitrogen and oxygen atoms in total. The van der Waals surface area contributed by atoms with Crippen LogP contribution >= 0.6 is 11.6 Å². The van der Waals surface area contributed by atoms with Crippen molar-refractivity contribution in [3.8, 4) is 0 Å². The smallest absolute Gasteiger partial charge is 0.220 e. The van der Waals surface area contributed by atoms with E-state index in [4.69, 9.17) is 17.3 Å². The summed E-state index contributed by atoms with van der Waals surface area (Å²) in [6.07, 6.45) is 3.34. The quantitative estimate of drug-likeness (QED) is 0.889. The summed E-state index contributed by atoms with van der Waals surface area (Å²) in [5, 5.41) is 3.46. The average molecular weight is 261 g/mol. The van der Waals surface area contributed by atoms with Gasteiger partial charge in [-0.15, -0.1) is 0 Å². The molecule has 2 rings (SSSR count). The number of rotatable bonds is 3. The molecular weight excluding hydrogens is 248 g/mol. The number of nitrogen functional groups attached to an aromatic ring is 1. The second-order valence-corrected chi connectivity index (χ2v) is 4.04. The molecule has 0 aliphatic rings. The Bertz CT molecular complexity index is 566. The molecule has 0 atom stereocenters. The van der Waals surface area contributed by atoms with Crippen molar-refractivity contribution in [2.24, 2.45) is 0 Å². The number of halogens is 1. The minimum atomic E-state index is 0.201. The molecule has 0 fully saturated rings. The van der Waals surface area contributed by atoms with Gasteiger partial charge in [0.15, 0.2) is 0 Å². The van der Waals surface area contributed by atoms with Gasteiger partial charge in [-0.05, 0) is 5.56 Å². The molecule has 0 spiro atoms. The maximum absolute atomic E-state index is 6.13. The lowest BCUT2D eigenvalue weighted by Crippen LogP contribution is -2.03. The second-order valence-electron chi connectivity index (χ2n) is 3.64. The number of anilines is 1. The maximum Gasteiger partial charge on any atom is 0.220 e. The van der Waals surface area contributed by atoms with E-state index in [0.717, 1.165) is 11.1 Å². The molecule has 92 valence electrons. The van der Waals surface area contributed by atoms with Gasteiger partial charge in [0, 0.05) is 18.8 Å². The lowest BCUT2D eigenvalue weighted by molar-refractivity contribution is 1.09. The third-order valence-electron chi connectivity index (χ3n) is 2.39. The molecule has 1 aromatic carbocycles. The third-order valence-corrected chi connectivity index (χ3v) is 2.67. The Balaban J connectivity index is 2.56. The van der Waals surface area contributed by atoms with Gasteiger partial charge in [-0.2, -0.15) is 0 Å². The van der Waals surface area contributed by atoms with Crippen LogP contribution < -0.4 is 11.1 Å². The predicted octanol–water partition coefficient (Wildman–Crippen LogP) is 2.32. The topological polar surface area (TPSA) is 63.8 Å². The van der Waals surface area contributed by atoms with Crippen LogP contribution in [-0.4, -0.2) is 17.0 Å². The molecule has 0 saturated carbocycles. The highest BCUT2D eigenvalue weighted by atomic mass is 35.5. The fraction of sp³-hybridized carbons (Fsp3) is 0.0769. The van der Waals surface area contributed by atoms with Gasteiger partial charge >= 0.3 is 0 Å². The van der Waals surface area contributed by atoms with E-state index in [1.165, 1.54) is 6.20 Å². The van der Waals surface area contributed by atoms with Crippen molar-refractivity contribution in [2.75, 3.05) is 12.8 Å². The normalized spacial score (nSPS) is 11.3. The van der Waals surface area contributed by atoms with Crippen molar-refractivity contribution in [1.82, 2.24) is 15.3 Å². The first-order chi connectivity index (χ1) is 8.72. The standard InChI is InChI=1S/C13H13ClN4/c1-16-7-10(9-5-3-2-4-6-9)12-11(14)8-17-13(15)18-12/h2-8,16H,1H3,(H2,15,17,18)/b10-7+. The van der Waals surface area contributed by atoms with Gasteiger partial charge in [-0.25, -0.2) is 9.97 Å². The summed E-state index contributed by atoms with van der Waals surface area (Å²) in [5.41, 5.74) is 8.11. The zero-order valence-electron chi connectivity index (χ0n) is 9.89. The SMILES string of the molecule is CN/C=C(\c1ccccc1)c1nc(N)ncc1Cl. The van der Waals surface area contributed by atoms with Crippen LogP contribution in [0.25, 0.3) is 5.57 Å². The van der Waals surface area contributed by atoms with E-state index in [-0.39, 0.29) is 5.95 Å². The Morgan fingerprint density at radius 1 is 1.33 bits per heavy atom.